The molecule has 0 aliphatic carbocycles. The lowest BCUT2D eigenvalue weighted by Crippen LogP contribution is -2.31. The Morgan fingerprint density at radius 2 is 2.05 bits per heavy atom. The first-order chi connectivity index (χ1) is 9.99. The van der Waals surface area contributed by atoms with Crippen LogP contribution in [0.5, 0.6) is 0 Å². The molecule has 0 bridgehead atoms. The number of aryl methyl sites for hydroxylation is 1. The van der Waals surface area contributed by atoms with Crippen molar-refractivity contribution in [2.24, 2.45) is 7.05 Å². The van der Waals surface area contributed by atoms with Gasteiger partial charge in [0.1, 0.15) is 0 Å². The van der Waals surface area contributed by atoms with Crippen molar-refractivity contribution in [1.29, 1.82) is 0 Å². The van der Waals surface area contributed by atoms with Crippen molar-refractivity contribution < 1.29 is 9.90 Å². The van der Waals surface area contributed by atoms with Crippen molar-refractivity contribution in [2.45, 2.75) is 13.0 Å². The van der Waals surface area contributed by atoms with Gasteiger partial charge in [-0.3, -0.25) is 4.68 Å². The highest BCUT2D eigenvalue weighted by molar-refractivity contribution is 7.80. The zero-order chi connectivity index (χ0) is 15.4. The maximum Gasteiger partial charge on any atom is 0.356 e. The van der Waals surface area contributed by atoms with Crippen LogP contribution in [0.1, 0.15) is 29.0 Å². The molecule has 110 valence electrons. The van der Waals surface area contributed by atoms with E-state index in [1.807, 2.05) is 37.3 Å². The third kappa shape index (κ3) is 3.57. The number of rotatable bonds is 4. The molecule has 0 aliphatic rings. The van der Waals surface area contributed by atoms with Crippen molar-refractivity contribution in [3.05, 3.63) is 47.8 Å². The molecule has 0 amide bonds. The maximum atomic E-state index is 11.2. The van der Waals surface area contributed by atoms with Crippen molar-refractivity contribution in [3.8, 4) is 0 Å². The van der Waals surface area contributed by atoms with Crippen LogP contribution in [-0.4, -0.2) is 26.0 Å². The number of carbonyl (C=O) groups is 1. The van der Waals surface area contributed by atoms with Crippen LogP contribution in [-0.2, 0) is 7.05 Å². The lowest BCUT2D eigenvalue weighted by molar-refractivity contribution is 0.0686. The largest absolute Gasteiger partial charge is 0.476 e. The van der Waals surface area contributed by atoms with E-state index in [1.165, 1.54) is 10.9 Å². The average Bonchev–Trinajstić information content (AvgIpc) is 2.80. The number of carboxylic acid groups (broad SMARTS) is 1. The molecule has 21 heavy (non-hydrogen) atoms. The summed E-state index contributed by atoms with van der Waals surface area (Å²) < 4.78 is 1.29. The molecular formula is C14H16N4O2S. The van der Waals surface area contributed by atoms with Gasteiger partial charge in [0.05, 0.1) is 17.9 Å². The van der Waals surface area contributed by atoms with Crippen molar-refractivity contribution in [1.82, 2.24) is 15.1 Å². The van der Waals surface area contributed by atoms with E-state index in [1.54, 1.807) is 7.05 Å². The summed E-state index contributed by atoms with van der Waals surface area (Å²) >= 11 is 5.22. The number of nitrogens with zero attached hydrogens (tertiary/aromatic N) is 2. The third-order valence-corrected chi connectivity index (χ3v) is 3.26. The van der Waals surface area contributed by atoms with Crippen LogP contribution >= 0.6 is 12.2 Å². The molecule has 1 aromatic carbocycles. The molecule has 1 atom stereocenters. The number of aromatic nitrogens is 2. The molecule has 7 heteroatoms. The van der Waals surface area contributed by atoms with Gasteiger partial charge in [-0.15, -0.1) is 0 Å². The van der Waals surface area contributed by atoms with Gasteiger partial charge in [0.2, 0.25) is 0 Å². The quantitative estimate of drug-likeness (QED) is 0.751. The van der Waals surface area contributed by atoms with Gasteiger partial charge in [-0.05, 0) is 24.7 Å². The third-order valence-electron chi connectivity index (χ3n) is 3.04. The minimum Gasteiger partial charge on any atom is -0.476 e. The van der Waals surface area contributed by atoms with Gasteiger partial charge in [-0.1, -0.05) is 30.3 Å². The second-order valence-electron chi connectivity index (χ2n) is 4.57. The highest BCUT2D eigenvalue weighted by Gasteiger charge is 2.17. The Morgan fingerprint density at radius 1 is 1.38 bits per heavy atom. The first kappa shape index (κ1) is 15.0. The van der Waals surface area contributed by atoms with Crippen LogP contribution in [0.4, 0.5) is 5.69 Å². The summed E-state index contributed by atoms with van der Waals surface area (Å²) in [6, 6.07) is 9.85. The Morgan fingerprint density at radius 3 is 2.67 bits per heavy atom. The van der Waals surface area contributed by atoms with Gasteiger partial charge in [0.15, 0.2) is 10.8 Å². The zero-order valence-electron chi connectivity index (χ0n) is 11.7. The molecule has 2 rings (SSSR count). The van der Waals surface area contributed by atoms with Crippen LogP contribution in [0.2, 0.25) is 0 Å². The molecule has 1 aromatic heterocycles. The standard InChI is InChI=1S/C14H16N4O2S/c1-9(10-6-4-3-5-7-10)16-14(21)17-11-8-15-18(2)12(11)13(19)20/h3-9H,1-2H3,(H,19,20)(H2,16,17,21). The second-order valence-corrected chi connectivity index (χ2v) is 4.97. The molecule has 3 N–H and O–H groups in total. The molecular weight excluding hydrogens is 288 g/mol. The lowest BCUT2D eigenvalue weighted by Gasteiger charge is -2.17. The van der Waals surface area contributed by atoms with Gasteiger partial charge in [0, 0.05) is 7.05 Å². The first-order valence-corrected chi connectivity index (χ1v) is 6.77. The number of nitrogens with one attached hydrogen (secondary N) is 2. The SMILES string of the molecule is CC(NC(=S)Nc1cnn(C)c1C(=O)O)c1ccccc1. The Labute approximate surface area is 127 Å². The molecule has 1 unspecified atom stereocenters. The van der Waals surface area contributed by atoms with E-state index in [4.69, 9.17) is 17.3 Å². The highest BCUT2D eigenvalue weighted by atomic mass is 32.1. The maximum absolute atomic E-state index is 11.2. The van der Waals surface area contributed by atoms with Crippen LogP contribution in [0.15, 0.2) is 36.5 Å². The summed E-state index contributed by atoms with van der Waals surface area (Å²) in [5, 5.41) is 19.4. The van der Waals surface area contributed by atoms with Gasteiger partial charge < -0.3 is 15.7 Å². The molecule has 2 aromatic rings. The predicted molar refractivity (Wildman–Crippen MR) is 84.4 cm³/mol. The molecule has 0 spiro atoms. The van der Waals surface area contributed by atoms with Gasteiger partial charge >= 0.3 is 5.97 Å². The van der Waals surface area contributed by atoms with Crippen molar-refractivity contribution in [3.63, 3.8) is 0 Å². The number of benzene rings is 1. The summed E-state index contributed by atoms with van der Waals surface area (Å²) in [6.07, 6.45) is 1.44. The van der Waals surface area contributed by atoms with Crippen LogP contribution < -0.4 is 10.6 Å². The molecule has 0 saturated heterocycles. The van der Waals surface area contributed by atoms with E-state index < -0.39 is 5.97 Å². The van der Waals surface area contributed by atoms with Crippen LogP contribution in [0, 0.1) is 0 Å². The van der Waals surface area contributed by atoms with Gasteiger partial charge in [0.25, 0.3) is 0 Å². The topological polar surface area (TPSA) is 79.2 Å². The smallest absolute Gasteiger partial charge is 0.356 e. The molecule has 0 fully saturated rings. The van der Waals surface area contributed by atoms with E-state index in [0.29, 0.717) is 10.8 Å². The minimum atomic E-state index is -1.06. The minimum absolute atomic E-state index is 0.0103. The number of thiocarbonyl (C=S) groups is 1. The fourth-order valence-electron chi connectivity index (χ4n) is 1.96. The number of anilines is 1. The number of hydrogen-bond donors (Lipinski definition) is 3. The average molecular weight is 304 g/mol. The zero-order valence-corrected chi connectivity index (χ0v) is 12.5. The summed E-state index contributed by atoms with van der Waals surface area (Å²) in [4.78, 5) is 11.2. The van der Waals surface area contributed by atoms with E-state index in [9.17, 15) is 4.79 Å². The summed E-state index contributed by atoms with van der Waals surface area (Å²) in [5.41, 5.74) is 1.51. The Kier molecular flexibility index (Phi) is 4.54. The Bertz CT molecular complexity index is 654. The number of carboxylic acids is 1. The molecule has 6 nitrogen and oxygen atoms in total. The molecule has 1 heterocycles. The monoisotopic (exact) mass is 304 g/mol. The molecule has 0 radical (unpaired) electrons. The normalized spacial score (nSPS) is 11.7. The van der Waals surface area contributed by atoms with E-state index in [2.05, 4.69) is 15.7 Å². The van der Waals surface area contributed by atoms with Crippen molar-refractivity contribution in [2.75, 3.05) is 5.32 Å². The van der Waals surface area contributed by atoms with Crippen molar-refractivity contribution >= 4 is 29.0 Å². The van der Waals surface area contributed by atoms with Crippen LogP contribution in [0.3, 0.4) is 0 Å². The summed E-state index contributed by atoms with van der Waals surface area (Å²) in [5.74, 6) is -1.06. The Hall–Kier alpha value is -2.41. The fourth-order valence-corrected chi connectivity index (χ4v) is 2.25. The second kappa shape index (κ2) is 6.36. The summed E-state index contributed by atoms with van der Waals surface area (Å²) in [7, 11) is 1.57. The fraction of sp³-hybridized carbons (Fsp3) is 0.214. The number of aromatic carboxylic acids is 1. The predicted octanol–water partition coefficient (Wildman–Crippen LogP) is 2.17. The highest BCUT2D eigenvalue weighted by Crippen LogP contribution is 2.15. The lowest BCUT2D eigenvalue weighted by atomic mass is 10.1. The van der Waals surface area contributed by atoms with Crippen LogP contribution in [0.25, 0.3) is 0 Å². The van der Waals surface area contributed by atoms with Gasteiger partial charge in [-0.2, -0.15) is 5.10 Å². The van der Waals surface area contributed by atoms with E-state index >= 15 is 0 Å². The first-order valence-electron chi connectivity index (χ1n) is 6.36. The van der Waals surface area contributed by atoms with E-state index in [0.717, 1.165) is 5.56 Å². The summed E-state index contributed by atoms with van der Waals surface area (Å²) in [6.45, 7) is 1.98. The number of hydrogen-bond acceptors (Lipinski definition) is 3. The molecule has 0 aliphatic heterocycles. The Balaban J connectivity index is 2.04. The van der Waals surface area contributed by atoms with Gasteiger partial charge in [-0.25, -0.2) is 4.79 Å². The van der Waals surface area contributed by atoms with E-state index in [-0.39, 0.29) is 11.7 Å². The molecule has 0 saturated carbocycles.